The van der Waals surface area contributed by atoms with E-state index >= 15 is 0 Å². The molecule has 0 amide bonds. The zero-order valence-electron chi connectivity index (χ0n) is 19.6. The highest BCUT2D eigenvalue weighted by atomic mass is 19.4. The first-order valence-corrected chi connectivity index (χ1v) is 11.0. The van der Waals surface area contributed by atoms with Gasteiger partial charge in [0.2, 0.25) is 5.88 Å². The van der Waals surface area contributed by atoms with Crippen molar-refractivity contribution < 1.29 is 50.9 Å². The lowest BCUT2D eigenvalue weighted by Crippen LogP contribution is -2.32. The largest absolute Gasteiger partial charge is 0.490 e. The van der Waals surface area contributed by atoms with Gasteiger partial charge in [-0.1, -0.05) is 0 Å². The van der Waals surface area contributed by atoms with Crippen LogP contribution in [0.3, 0.4) is 0 Å². The van der Waals surface area contributed by atoms with Crippen molar-refractivity contribution in [2.45, 2.75) is 38.3 Å². The number of fused-ring (bicyclic) bond motifs is 1. The maximum absolute atomic E-state index is 10.6. The summed E-state index contributed by atoms with van der Waals surface area (Å²) in [5, 5.41) is 23.1. The van der Waals surface area contributed by atoms with Gasteiger partial charge in [0, 0.05) is 50.6 Å². The number of ether oxygens (including phenoxy) is 1. The zero-order chi connectivity index (χ0) is 28.5. The second kappa shape index (κ2) is 13.1. The number of nitriles is 1. The number of imidazole rings is 1. The van der Waals surface area contributed by atoms with Gasteiger partial charge < -0.3 is 19.5 Å². The molecule has 0 saturated heterocycles. The SMILES string of the molecule is N#Cc1ccc(OCC2CN(CC3CC3)Cc3cncn3C2)nc1.O=C(O)C(F)(F)F.O=C(O)C(F)(F)F. The van der Waals surface area contributed by atoms with Crippen LogP contribution in [0.2, 0.25) is 0 Å². The normalized spacial score (nSPS) is 17.3. The Hall–Kier alpha value is -3.87. The van der Waals surface area contributed by atoms with Crippen LogP contribution in [0.4, 0.5) is 26.3 Å². The van der Waals surface area contributed by atoms with E-state index in [2.05, 4.69) is 25.5 Å². The number of hydrogen-bond donors (Lipinski definition) is 2. The van der Waals surface area contributed by atoms with E-state index in [4.69, 9.17) is 29.8 Å². The smallest absolute Gasteiger partial charge is 0.477 e. The molecule has 1 unspecified atom stereocenters. The molecule has 2 aliphatic rings. The van der Waals surface area contributed by atoms with Crippen LogP contribution in [0.15, 0.2) is 30.9 Å². The maximum Gasteiger partial charge on any atom is 0.490 e. The minimum atomic E-state index is -5.08. The molecule has 2 aromatic heterocycles. The Kier molecular flexibility index (Phi) is 10.5. The average Bonchev–Trinajstić information content (AvgIpc) is 3.58. The van der Waals surface area contributed by atoms with Crippen molar-refractivity contribution in [3.8, 4) is 11.9 Å². The number of rotatable bonds is 5. The van der Waals surface area contributed by atoms with E-state index in [1.165, 1.54) is 25.1 Å². The standard InChI is InChI=1S/C18H21N5O.2C2HF3O2/c19-5-15-3-4-18(21-6-15)24-12-16-9-22(8-14-1-2-14)11-17-7-20-13-23(17)10-16;2*3-2(4,5)1(6)7/h3-4,6-7,13-14,16H,1-2,8-12H2;2*(H,6,7). The number of carboxylic acid groups (broad SMARTS) is 2. The number of halogens is 6. The van der Waals surface area contributed by atoms with E-state index in [0.29, 0.717) is 24.0 Å². The minimum Gasteiger partial charge on any atom is -0.477 e. The number of nitrogens with zero attached hydrogens (tertiary/aromatic N) is 5. The van der Waals surface area contributed by atoms with Crippen LogP contribution in [0, 0.1) is 23.2 Å². The molecule has 1 saturated carbocycles. The number of hydrogen-bond acceptors (Lipinski definition) is 7. The summed E-state index contributed by atoms with van der Waals surface area (Å²) in [7, 11) is 0. The van der Waals surface area contributed by atoms with Gasteiger partial charge in [-0.25, -0.2) is 19.6 Å². The predicted octanol–water partition coefficient (Wildman–Crippen LogP) is 3.34. The molecule has 38 heavy (non-hydrogen) atoms. The van der Waals surface area contributed by atoms with Crippen molar-refractivity contribution in [1.29, 1.82) is 5.26 Å². The third-order valence-corrected chi connectivity index (χ3v) is 5.19. The summed E-state index contributed by atoms with van der Waals surface area (Å²) in [6.07, 6.45) is -1.98. The predicted molar refractivity (Wildman–Crippen MR) is 116 cm³/mol. The molecule has 0 spiro atoms. The molecule has 0 bridgehead atoms. The van der Waals surface area contributed by atoms with Gasteiger partial charge in [0.25, 0.3) is 0 Å². The van der Waals surface area contributed by atoms with Gasteiger partial charge in [0.05, 0.1) is 24.2 Å². The number of carbonyl (C=O) groups is 2. The number of aromatic nitrogens is 3. The quantitative estimate of drug-likeness (QED) is 0.535. The molecule has 16 heteroatoms. The van der Waals surface area contributed by atoms with E-state index in [0.717, 1.165) is 25.6 Å². The second-order valence-electron chi connectivity index (χ2n) is 8.45. The minimum absolute atomic E-state index is 0.400. The van der Waals surface area contributed by atoms with Crippen molar-refractivity contribution in [1.82, 2.24) is 19.4 Å². The topological polar surface area (TPSA) is 142 Å². The molecular weight excluding hydrogens is 528 g/mol. The van der Waals surface area contributed by atoms with Gasteiger partial charge in [-0.2, -0.15) is 31.6 Å². The Bertz CT molecular complexity index is 1090. The van der Waals surface area contributed by atoms with Crippen LogP contribution < -0.4 is 4.74 Å². The Morgan fingerprint density at radius 1 is 1.03 bits per heavy atom. The molecule has 0 radical (unpaired) electrons. The first-order valence-electron chi connectivity index (χ1n) is 11.0. The van der Waals surface area contributed by atoms with E-state index in [9.17, 15) is 26.3 Å². The number of alkyl halides is 6. The third-order valence-electron chi connectivity index (χ3n) is 5.19. The molecule has 4 rings (SSSR count). The van der Waals surface area contributed by atoms with Crippen LogP contribution in [0.25, 0.3) is 0 Å². The molecule has 1 atom stereocenters. The molecule has 3 heterocycles. The molecule has 2 N–H and O–H groups in total. The van der Waals surface area contributed by atoms with Crippen molar-refractivity contribution in [2.24, 2.45) is 11.8 Å². The lowest BCUT2D eigenvalue weighted by Gasteiger charge is -2.23. The molecule has 10 nitrogen and oxygen atoms in total. The number of aliphatic carboxylic acids is 2. The van der Waals surface area contributed by atoms with Gasteiger partial charge in [-0.3, -0.25) is 4.90 Å². The molecule has 208 valence electrons. The zero-order valence-corrected chi connectivity index (χ0v) is 19.6. The fourth-order valence-electron chi connectivity index (χ4n) is 3.28. The number of carboxylic acids is 2. The van der Waals surface area contributed by atoms with Crippen LogP contribution in [-0.4, -0.2) is 73.6 Å². The summed E-state index contributed by atoms with van der Waals surface area (Å²) in [4.78, 5) is 28.8. The van der Waals surface area contributed by atoms with Gasteiger partial charge in [0.15, 0.2) is 0 Å². The molecule has 1 aliphatic heterocycles. The van der Waals surface area contributed by atoms with Crippen LogP contribution in [0.1, 0.15) is 24.1 Å². The van der Waals surface area contributed by atoms with E-state index in [1.54, 1.807) is 18.3 Å². The summed E-state index contributed by atoms with van der Waals surface area (Å²) in [6.45, 7) is 4.73. The third kappa shape index (κ3) is 10.6. The highest BCUT2D eigenvalue weighted by Crippen LogP contribution is 2.31. The van der Waals surface area contributed by atoms with Crippen molar-refractivity contribution in [3.63, 3.8) is 0 Å². The van der Waals surface area contributed by atoms with Crippen molar-refractivity contribution >= 4 is 11.9 Å². The highest BCUT2D eigenvalue weighted by molar-refractivity contribution is 5.73. The maximum atomic E-state index is 10.6. The van der Waals surface area contributed by atoms with Crippen LogP contribution in [0.5, 0.6) is 5.88 Å². The van der Waals surface area contributed by atoms with Gasteiger partial charge in [-0.15, -0.1) is 0 Å². The van der Waals surface area contributed by atoms with Gasteiger partial charge in [-0.05, 0) is 24.8 Å². The van der Waals surface area contributed by atoms with Crippen LogP contribution >= 0.6 is 0 Å². The summed E-state index contributed by atoms with van der Waals surface area (Å²) in [6, 6.07) is 5.57. The Balaban J connectivity index is 0.000000301. The van der Waals surface area contributed by atoms with E-state index in [1.807, 2.05) is 12.5 Å². The van der Waals surface area contributed by atoms with Gasteiger partial charge >= 0.3 is 24.3 Å². The average molecular weight is 551 g/mol. The van der Waals surface area contributed by atoms with E-state index < -0.39 is 24.3 Å². The molecule has 2 aromatic rings. The number of pyridine rings is 1. The summed E-state index contributed by atoms with van der Waals surface area (Å²) in [5.41, 5.74) is 1.84. The highest BCUT2D eigenvalue weighted by Gasteiger charge is 2.39. The molecular formula is C22H23F6N5O5. The first kappa shape index (κ1) is 30.4. The Morgan fingerprint density at radius 2 is 1.63 bits per heavy atom. The van der Waals surface area contributed by atoms with Gasteiger partial charge in [0.1, 0.15) is 6.07 Å². The Labute approximate surface area is 212 Å². The van der Waals surface area contributed by atoms with Crippen LogP contribution in [-0.2, 0) is 22.7 Å². The lowest BCUT2D eigenvalue weighted by atomic mass is 10.1. The molecule has 1 aliphatic carbocycles. The summed E-state index contributed by atoms with van der Waals surface area (Å²) < 4.78 is 71.6. The monoisotopic (exact) mass is 551 g/mol. The van der Waals surface area contributed by atoms with Crippen molar-refractivity contribution in [2.75, 3.05) is 19.7 Å². The Morgan fingerprint density at radius 3 is 2.11 bits per heavy atom. The second-order valence-corrected chi connectivity index (χ2v) is 8.45. The fourth-order valence-corrected chi connectivity index (χ4v) is 3.28. The van der Waals surface area contributed by atoms with E-state index in [-0.39, 0.29) is 0 Å². The lowest BCUT2D eigenvalue weighted by molar-refractivity contribution is -0.193. The summed E-state index contributed by atoms with van der Waals surface area (Å²) in [5.74, 6) is -3.66. The molecule has 0 aromatic carbocycles. The summed E-state index contributed by atoms with van der Waals surface area (Å²) >= 11 is 0. The fraction of sp³-hybridized carbons (Fsp3) is 0.500. The van der Waals surface area contributed by atoms with Crippen molar-refractivity contribution in [3.05, 3.63) is 42.1 Å². The molecule has 1 fully saturated rings. The first-order chi connectivity index (χ1) is 17.7.